The molecule has 6 heteroatoms. The molecule has 0 bridgehead atoms. The Balaban J connectivity index is 1.98. The number of hydrogen-bond donors (Lipinski definition) is 0. The van der Waals surface area contributed by atoms with Crippen molar-refractivity contribution in [2.75, 3.05) is 13.2 Å². The number of halogens is 1. The zero-order valence-corrected chi connectivity index (χ0v) is 11.3. The Morgan fingerprint density at radius 3 is 2.93 bits per heavy atom. The van der Waals surface area contributed by atoms with Gasteiger partial charge in [-0.25, -0.2) is 2.51 Å². The summed E-state index contributed by atoms with van der Waals surface area (Å²) >= 11 is 2.78. The van der Waals surface area contributed by atoms with E-state index in [4.69, 9.17) is 13.7 Å². The average Bonchev–Trinajstić information content (AvgIpc) is 2.45. The highest BCUT2D eigenvalue weighted by Gasteiger charge is 2.31. The standard InChI is InChI=1S/C8H15IO4S/c1-8(2)10-6-7(12-8)4-3-5-11-14-13-9/h7H,3-6H2,1-2H3. The molecule has 1 heterocycles. The number of rotatable bonds is 6. The summed E-state index contributed by atoms with van der Waals surface area (Å²) in [6.07, 6.45) is 2.13. The summed E-state index contributed by atoms with van der Waals surface area (Å²) in [5, 5.41) is 0. The van der Waals surface area contributed by atoms with Crippen LogP contribution in [0.3, 0.4) is 0 Å². The molecule has 1 aliphatic heterocycles. The Hall–Kier alpha value is 0.920. The van der Waals surface area contributed by atoms with Crippen molar-refractivity contribution in [2.45, 2.75) is 38.6 Å². The maximum Gasteiger partial charge on any atom is 0.169 e. The van der Waals surface area contributed by atoms with E-state index in [1.165, 1.54) is 0 Å². The quantitative estimate of drug-likeness (QED) is 0.424. The van der Waals surface area contributed by atoms with Crippen molar-refractivity contribution >= 4 is 35.3 Å². The normalized spacial score (nSPS) is 25.5. The van der Waals surface area contributed by atoms with Gasteiger partial charge in [0.25, 0.3) is 0 Å². The van der Waals surface area contributed by atoms with Crippen LogP contribution >= 0.6 is 35.3 Å². The molecule has 0 saturated carbocycles. The number of ether oxygens (including phenoxy) is 2. The van der Waals surface area contributed by atoms with E-state index in [1.807, 2.05) is 13.8 Å². The lowest BCUT2D eigenvalue weighted by atomic mass is 10.2. The Bertz CT molecular complexity index is 167. The number of hydrogen-bond acceptors (Lipinski definition) is 5. The van der Waals surface area contributed by atoms with Crippen LogP contribution in [0, 0.1) is 0 Å². The van der Waals surface area contributed by atoms with Crippen LogP contribution in [-0.4, -0.2) is 25.1 Å². The van der Waals surface area contributed by atoms with E-state index in [0.717, 1.165) is 25.2 Å². The van der Waals surface area contributed by atoms with Gasteiger partial charge in [0.2, 0.25) is 0 Å². The fourth-order valence-corrected chi connectivity index (χ4v) is 1.86. The summed E-state index contributed by atoms with van der Waals surface area (Å²) < 4.78 is 20.8. The molecule has 4 nitrogen and oxygen atoms in total. The highest BCUT2D eigenvalue weighted by atomic mass is 127. The van der Waals surface area contributed by atoms with E-state index in [-0.39, 0.29) is 6.10 Å². The van der Waals surface area contributed by atoms with E-state index in [9.17, 15) is 0 Å². The van der Waals surface area contributed by atoms with Crippen LogP contribution in [0.4, 0.5) is 0 Å². The summed E-state index contributed by atoms with van der Waals surface area (Å²) in [7, 11) is 0. The minimum Gasteiger partial charge on any atom is -0.348 e. The van der Waals surface area contributed by atoms with Gasteiger partial charge in [-0.05, 0) is 26.7 Å². The van der Waals surface area contributed by atoms with Crippen molar-refractivity contribution < 1.29 is 16.2 Å². The lowest BCUT2D eigenvalue weighted by Crippen LogP contribution is -2.21. The monoisotopic (exact) mass is 334 g/mol. The second-order valence-electron chi connectivity index (χ2n) is 3.55. The zero-order chi connectivity index (χ0) is 10.4. The van der Waals surface area contributed by atoms with Gasteiger partial charge in [-0.2, -0.15) is 0 Å². The SMILES string of the molecule is CC1(C)OCC(CCCOSOI)O1. The lowest BCUT2D eigenvalue weighted by molar-refractivity contribution is -0.139. The smallest absolute Gasteiger partial charge is 0.169 e. The first-order valence-corrected chi connectivity index (χ1v) is 6.07. The van der Waals surface area contributed by atoms with Crippen LogP contribution in [0.5, 0.6) is 0 Å². The molecule has 0 aromatic rings. The summed E-state index contributed by atoms with van der Waals surface area (Å²) in [6.45, 7) is 5.23. The van der Waals surface area contributed by atoms with Gasteiger partial charge in [-0.1, -0.05) is 0 Å². The highest BCUT2D eigenvalue weighted by molar-refractivity contribution is 14.1. The summed E-state index contributed by atoms with van der Waals surface area (Å²) in [5.41, 5.74) is 0. The minimum absolute atomic E-state index is 0.208. The maximum atomic E-state index is 5.64. The second-order valence-corrected chi connectivity index (χ2v) is 5.12. The molecule has 84 valence electrons. The molecular formula is C8H15IO4S. The van der Waals surface area contributed by atoms with Crippen molar-refractivity contribution in [1.29, 1.82) is 0 Å². The summed E-state index contributed by atoms with van der Waals surface area (Å²) in [6, 6.07) is 0. The Labute approximate surface area is 103 Å². The molecule has 1 rings (SSSR count). The lowest BCUT2D eigenvalue weighted by Gasteiger charge is -2.16. The van der Waals surface area contributed by atoms with Crippen LogP contribution in [0.25, 0.3) is 0 Å². The molecule has 0 aliphatic carbocycles. The molecule has 1 atom stereocenters. The largest absolute Gasteiger partial charge is 0.348 e. The zero-order valence-electron chi connectivity index (χ0n) is 8.32. The molecule has 0 aromatic carbocycles. The highest BCUT2D eigenvalue weighted by Crippen LogP contribution is 2.24. The van der Waals surface area contributed by atoms with Gasteiger partial charge in [0.15, 0.2) is 18.1 Å². The molecule has 1 fully saturated rings. The Kier molecular flexibility index (Phi) is 6.02. The predicted octanol–water partition coefficient (Wildman–Crippen LogP) is 2.86. The van der Waals surface area contributed by atoms with Gasteiger partial charge in [-0.15, -0.1) is 0 Å². The van der Waals surface area contributed by atoms with Crippen LogP contribution < -0.4 is 0 Å². The molecule has 0 N–H and O–H groups in total. The molecule has 0 aromatic heterocycles. The second kappa shape index (κ2) is 6.49. The van der Waals surface area contributed by atoms with E-state index >= 15 is 0 Å². The minimum atomic E-state index is -0.411. The Morgan fingerprint density at radius 1 is 1.57 bits per heavy atom. The van der Waals surface area contributed by atoms with Gasteiger partial charge < -0.3 is 9.47 Å². The fourth-order valence-electron chi connectivity index (χ4n) is 1.33. The molecule has 1 unspecified atom stereocenters. The maximum absolute atomic E-state index is 5.64. The molecule has 0 amide bonds. The average molecular weight is 334 g/mol. The van der Waals surface area contributed by atoms with Crippen LogP contribution in [0.1, 0.15) is 26.7 Å². The first kappa shape index (κ1) is 13.0. The third kappa shape index (κ3) is 5.13. The van der Waals surface area contributed by atoms with Gasteiger partial charge >= 0.3 is 0 Å². The molecular weight excluding hydrogens is 319 g/mol. The molecule has 14 heavy (non-hydrogen) atoms. The molecule has 0 radical (unpaired) electrons. The summed E-state index contributed by atoms with van der Waals surface area (Å²) in [4.78, 5) is 0. The third-order valence-electron chi connectivity index (χ3n) is 1.89. The van der Waals surface area contributed by atoms with Crippen LogP contribution in [0.15, 0.2) is 0 Å². The van der Waals surface area contributed by atoms with E-state index in [0.29, 0.717) is 13.2 Å². The molecule has 1 saturated heterocycles. The van der Waals surface area contributed by atoms with Crippen molar-refractivity contribution in [3.63, 3.8) is 0 Å². The topological polar surface area (TPSA) is 36.9 Å². The molecule has 1 aliphatic rings. The van der Waals surface area contributed by atoms with Crippen molar-refractivity contribution in [1.82, 2.24) is 0 Å². The van der Waals surface area contributed by atoms with Crippen LogP contribution in [-0.2, 0) is 16.2 Å². The van der Waals surface area contributed by atoms with Crippen molar-refractivity contribution in [2.24, 2.45) is 0 Å². The van der Waals surface area contributed by atoms with Crippen molar-refractivity contribution in [3.8, 4) is 0 Å². The first-order chi connectivity index (χ1) is 6.64. The van der Waals surface area contributed by atoms with Gasteiger partial charge in [0.05, 0.1) is 19.3 Å². The Morgan fingerprint density at radius 2 is 2.36 bits per heavy atom. The van der Waals surface area contributed by atoms with E-state index in [1.54, 1.807) is 23.0 Å². The summed E-state index contributed by atoms with van der Waals surface area (Å²) in [5.74, 6) is -0.411. The van der Waals surface area contributed by atoms with E-state index < -0.39 is 5.79 Å². The molecule has 0 spiro atoms. The van der Waals surface area contributed by atoms with E-state index in [2.05, 4.69) is 2.51 Å². The van der Waals surface area contributed by atoms with Gasteiger partial charge in [-0.3, -0.25) is 4.18 Å². The fraction of sp³-hybridized carbons (Fsp3) is 1.00. The third-order valence-corrected chi connectivity index (χ3v) is 2.65. The first-order valence-electron chi connectivity index (χ1n) is 4.53. The van der Waals surface area contributed by atoms with Crippen molar-refractivity contribution in [3.05, 3.63) is 0 Å². The van der Waals surface area contributed by atoms with Gasteiger partial charge in [0, 0.05) is 0 Å². The van der Waals surface area contributed by atoms with Crippen LogP contribution in [0.2, 0.25) is 0 Å². The van der Waals surface area contributed by atoms with Gasteiger partial charge in [0.1, 0.15) is 23.0 Å². The predicted molar refractivity (Wildman–Crippen MR) is 62.8 cm³/mol.